The summed E-state index contributed by atoms with van der Waals surface area (Å²) in [6, 6.07) is 1.96. The molecule has 0 aromatic heterocycles. The molecule has 0 heterocycles. The Morgan fingerprint density at radius 2 is 1.50 bits per heavy atom. The summed E-state index contributed by atoms with van der Waals surface area (Å²) in [6.07, 6.45) is -12.0. The first kappa shape index (κ1) is 16.4. The third kappa shape index (κ3) is 2.47. The topological polar surface area (TPSA) is 40.5 Å². The molecule has 0 unspecified atom stereocenters. The molecule has 1 aromatic rings. The van der Waals surface area contributed by atoms with E-state index in [-0.39, 0.29) is 11.6 Å². The minimum absolute atomic E-state index is 0.119. The molecule has 0 saturated carbocycles. The van der Waals surface area contributed by atoms with Crippen LogP contribution < -0.4 is 0 Å². The van der Waals surface area contributed by atoms with E-state index in [2.05, 4.69) is 6.58 Å². The number of aliphatic hydroxyl groups is 1. The second-order valence-electron chi connectivity index (χ2n) is 4.22. The Kier molecular flexibility index (Phi) is 3.84. The fourth-order valence-corrected chi connectivity index (χ4v) is 1.67. The molecule has 0 fully saturated rings. The van der Waals surface area contributed by atoms with Crippen molar-refractivity contribution in [3.63, 3.8) is 0 Å². The van der Waals surface area contributed by atoms with Gasteiger partial charge in [-0.15, -0.1) is 0 Å². The second-order valence-corrected chi connectivity index (χ2v) is 4.22. The Balaban J connectivity index is 3.76. The van der Waals surface area contributed by atoms with Crippen LogP contribution >= 0.6 is 0 Å². The number of allylic oxidation sites excluding steroid dienone is 1. The van der Waals surface area contributed by atoms with Crippen molar-refractivity contribution in [1.82, 2.24) is 0 Å². The summed E-state index contributed by atoms with van der Waals surface area (Å²) in [6.45, 7) is 4.45. The van der Waals surface area contributed by atoms with Gasteiger partial charge in [0.1, 0.15) is 5.75 Å². The molecule has 2 N–H and O–H groups in total. The lowest BCUT2D eigenvalue weighted by molar-refractivity contribution is -0.376. The standard InChI is InChI=1S/C12H10F6O2/c1-6(2)8-4-3-7(19)5-9(8)10(20,11(13,14)15)12(16,17)18/h3-5,19-20H,1H2,2H3. The molecule has 8 heteroatoms. The number of aromatic hydroxyl groups is 1. The molecule has 1 rings (SSSR count). The fraction of sp³-hybridized carbons (Fsp3) is 0.333. The average Bonchev–Trinajstić information content (AvgIpc) is 2.24. The van der Waals surface area contributed by atoms with Crippen molar-refractivity contribution < 1.29 is 36.6 Å². The Bertz CT molecular complexity index is 516. The number of hydrogen-bond donors (Lipinski definition) is 2. The zero-order chi connectivity index (χ0) is 15.9. The van der Waals surface area contributed by atoms with E-state index in [0.29, 0.717) is 0 Å². The van der Waals surface area contributed by atoms with Crippen LogP contribution in [0, 0.1) is 0 Å². The smallest absolute Gasteiger partial charge is 0.430 e. The minimum atomic E-state index is -6.01. The Morgan fingerprint density at radius 3 is 1.85 bits per heavy atom. The molecule has 0 atom stereocenters. The van der Waals surface area contributed by atoms with E-state index in [0.717, 1.165) is 12.1 Å². The largest absolute Gasteiger partial charge is 0.508 e. The second kappa shape index (κ2) is 4.69. The van der Waals surface area contributed by atoms with Crippen molar-refractivity contribution in [2.45, 2.75) is 24.9 Å². The average molecular weight is 300 g/mol. The van der Waals surface area contributed by atoms with Crippen molar-refractivity contribution in [3.8, 4) is 5.75 Å². The first-order valence-electron chi connectivity index (χ1n) is 5.17. The van der Waals surface area contributed by atoms with Gasteiger partial charge in [-0.05, 0) is 24.6 Å². The molecule has 20 heavy (non-hydrogen) atoms. The molecule has 0 aliphatic carbocycles. The van der Waals surface area contributed by atoms with Crippen LogP contribution in [0.2, 0.25) is 0 Å². The normalized spacial score (nSPS) is 13.4. The van der Waals surface area contributed by atoms with Gasteiger partial charge in [0.15, 0.2) is 0 Å². The summed E-state index contributed by atoms with van der Waals surface area (Å²) in [5.74, 6) is -0.836. The van der Waals surface area contributed by atoms with E-state index in [4.69, 9.17) is 5.11 Å². The maximum absolute atomic E-state index is 12.8. The SMILES string of the molecule is C=C(C)c1ccc(O)cc1C(O)(C(F)(F)F)C(F)(F)F. The van der Waals surface area contributed by atoms with Crippen LogP contribution in [0.3, 0.4) is 0 Å². The van der Waals surface area contributed by atoms with E-state index in [1.165, 1.54) is 6.92 Å². The first-order chi connectivity index (χ1) is 8.82. The Labute approximate surface area is 110 Å². The van der Waals surface area contributed by atoms with Gasteiger partial charge in [0.05, 0.1) is 0 Å². The van der Waals surface area contributed by atoms with Gasteiger partial charge in [-0.3, -0.25) is 0 Å². The number of halogens is 6. The number of rotatable bonds is 2. The number of benzene rings is 1. The summed E-state index contributed by atoms with van der Waals surface area (Å²) >= 11 is 0. The van der Waals surface area contributed by atoms with Crippen molar-refractivity contribution in [1.29, 1.82) is 0 Å². The lowest BCUT2D eigenvalue weighted by Crippen LogP contribution is -2.54. The van der Waals surface area contributed by atoms with Crippen LogP contribution in [0.4, 0.5) is 26.3 Å². The third-order valence-electron chi connectivity index (χ3n) is 2.67. The zero-order valence-corrected chi connectivity index (χ0v) is 10.1. The van der Waals surface area contributed by atoms with Crippen LogP contribution in [0.1, 0.15) is 18.1 Å². The highest BCUT2D eigenvalue weighted by atomic mass is 19.4. The monoisotopic (exact) mass is 300 g/mol. The number of hydrogen-bond acceptors (Lipinski definition) is 2. The summed E-state index contributed by atoms with van der Waals surface area (Å²) < 4.78 is 76.7. The lowest BCUT2D eigenvalue weighted by atomic mass is 9.86. The quantitative estimate of drug-likeness (QED) is 0.817. The molecule has 2 nitrogen and oxygen atoms in total. The van der Waals surface area contributed by atoms with Gasteiger partial charge in [0.25, 0.3) is 5.60 Å². The molecule has 0 spiro atoms. The van der Waals surface area contributed by atoms with E-state index in [9.17, 15) is 31.4 Å². The van der Waals surface area contributed by atoms with Crippen LogP contribution in [0.15, 0.2) is 24.8 Å². The highest BCUT2D eigenvalue weighted by Crippen LogP contribution is 2.52. The van der Waals surface area contributed by atoms with Crippen LogP contribution in [0.25, 0.3) is 5.57 Å². The summed E-state index contributed by atoms with van der Waals surface area (Å²) in [5.41, 5.74) is -7.26. The number of alkyl halides is 6. The molecule has 112 valence electrons. The molecule has 0 aliphatic rings. The van der Waals surface area contributed by atoms with Gasteiger partial charge < -0.3 is 10.2 Å². The number of phenolic OH excluding ortho intramolecular Hbond substituents is 1. The highest BCUT2D eigenvalue weighted by molar-refractivity contribution is 5.67. The van der Waals surface area contributed by atoms with Crippen molar-refractivity contribution in [3.05, 3.63) is 35.9 Å². The van der Waals surface area contributed by atoms with Crippen molar-refractivity contribution in [2.24, 2.45) is 0 Å². The zero-order valence-electron chi connectivity index (χ0n) is 10.1. The maximum Gasteiger partial charge on any atom is 0.430 e. The molecule has 0 radical (unpaired) electrons. The van der Waals surface area contributed by atoms with E-state index >= 15 is 0 Å². The summed E-state index contributed by atoms with van der Waals surface area (Å²) in [5, 5.41) is 18.4. The van der Waals surface area contributed by atoms with Crippen LogP contribution in [-0.2, 0) is 5.60 Å². The van der Waals surface area contributed by atoms with E-state index in [1.54, 1.807) is 0 Å². The molecule has 0 bridgehead atoms. The predicted molar refractivity (Wildman–Crippen MR) is 58.8 cm³/mol. The lowest BCUT2D eigenvalue weighted by Gasteiger charge is -2.34. The molecule has 0 amide bonds. The molecule has 1 aromatic carbocycles. The van der Waals surface area contributed by atoms with Crippen molar-refractivity contribution in [2.75, 3.05) is 0 Å². The van der Waals surface area contributed by atoms with E-state index in [1.807, 2.05) is 0 Å². The molecular formula is C12H10F6O2. The molecule has 0 saturated heterocycles. The summed E-state index contributed by atoms with van der Waals surface area (Å²) in [4.78, 5) is 0. The van der Waals surface area contributed by atoms with Gasteiger partial charge in [-0.2, -0.15) is 26.3 Å². The van der Waals surface area contributed by atoms with E-state index < -0.39 is 34.8 Å². The third-order valence-corrected chi connectivity index (χ3v) is 2.67. The van der Waals surface area contributed by atoms with Gasteiger partial charge in [-0.1, -0.05) is 18.2 Å². The fourth-order valence-electron chi connectivity index (χ4n) is 1.67. The Hall–Kier alpha value is -1.70. The van der Waals surface area contributed by atoms with Gasteiger partial charge in [0.2, 0.25) is 0 Å². The van der Waals surface area contributed by atoms with Crippen molar-refractivity contribution >= 4 is 5.57 Å². The summed E-state index contributed by atoms with van der Waals surface area (Å²) in [7, 11) is 0. The molecule has 0 aliphatic heterocycles. The molecular weight excluding hydrogens is 290 g/mol. The highest BCUT2D eigenvalue weighted by Gasteiger charge is 2.72. The Morgan fingerprint density at radius 1 is 1.05 bits per heavy atom. The number of phenols is 1. The minimum Gasteiger partial charge on any atom is -0.508 e. The van der Waals surface area contributed by atoms with Crippen LogP contribution in [-0.4, -0.2) is 22.6 Å². The first-order valence-corrected chi connectivity index (χ1v) is 5.17. The maximum atomic E-state index is 12.8. The van der Waals surface area contributed by atoms with Gasteiger partial charge in [0, 0.05) is 5.56 Å². The van der Waals surface area contributed by atoms with Crippen LogP contribution in [0.5, 0.6) is 5.75 Å². The predicted octanol–water partition coefficient (Wildman–Crippen LogP) is 3.74. The van der Waals surface area contributed by atoms with Gasteiger partial charge in [-0.25, -0.2) is 0 Å². The van der Waals surface area contributed by atoms with Gasteiger partial charge >= 0.3 is 12.4 Å².